The Kier molecular flexibility index (Phi) is 2.69. The van der Waals surface area contributed by atoms with E-state index in [-0.39, 0.29) is 6.61 Å². The molecule has 2 aromatic rings. The molecule has 0 spiro atoms. The van der Waals surface area contributed by atoms with E-state index in [1.54, 1.807) is 7.11 Å². The number of hydrogen-bond donors (Lipinski definition) is 1. The van der Waals surface area contributed by atoms with E-state index in [2.05, 4.69) is 4.98 Å². The molecule has 0 aliphatic rings. The molecular weight excluding hydrogens is 194 g/mol. The highest BCUT2D eigenvalue weighted by molar-refractivity contribution is 5.58. The monoisotopic (exact) mass is 205 g/mol. The lowest BCUT2D eigenvalue weighted by Gasteiger charge is -1.99. The van der Waals surface area contributed by atoms with Crippen molar-refractivity contribution in [2.75, 3.05) is 7.11 Å². The highest BCUT2D eigenvalue weighted by Gasteiger charge is 2.04. The minimum Gasteiger partial charge on any atom is -0.497 e. The minimum atomic E-state index is -0.184. The van der Waals surface area contributed by atoms with Gasteiger partial charge in [0.05, 0.1) is 7.11 Å². The Labute approximate surface area is 87.1 Å². The van der Waals surface area contributed by atoms with E-state index < -0.39 is 0 Å². The van der Waals surface area contributed by atoms with Crippen LogP contribution in [0.3, 0.4) is 0 Å². The quantitative estimate of drug-likeness (QED) is 0.830. The SMILES string of the molecule is COc1ccc(-c2coc(CO)n2)cc1. The van der Waals surface area contributed by atoms with Gasteiger partial charge in [0.1, 0.15) is 24.3 Å². The largest absolute Gasteiger partial charge is 0.497 e. The Balaban J connectivity index is 2.28. The first-order valence-electron chi connectivity index (χ1n) is 4.53. The summed E-state index contributed by atoms with van der Waals surface area (Å²) in [6.07, 6.45) is 1.52. The topological polar surface area (TPSA) is 55.5 Å². The van der Waals surface area contributed by atoms with Crippen molar-refractivity contribution < 1.29 is 14.3 Å². The molecule has 0 amide bonds. The summed E-state index contributed by atoms with van der Waals surface area (Å²) >= 11 is 0. The van der Waals surface area contributed by atoms with E-state index in [1.165, 1.54) is 6.26 Å². The van der Waals surface area contributed by atoms with Gasteiger partial charge in [-0.2, -0.15) is 0 Å². The van der Waals surface area contributed by atoms with Crippen LogP contribution >= 0.6 is 0 Å². The highest BCUT2D eigenvalue weighted by atomic mass is 16.5. The fraction of sp³-hybridized carbons (Fsp3) is 0.182. The molecule has 0 unspecified atom stereocenters. The normalized spacial score (nSPS) is 10.3. The summed E-state index contributed by atoms with van der Waals surface area (Å²) in [7, 11) is 1.62. The van der Waals surface area contributed by atoms with Crippen LogP contribution in [0.2, 0.25) is 0 Å². The lowest BCUT2D eigenvalue weighted by atomic mass is 10.2. The van der Waals surface area contributed by atoms with Gasteiger partial charge in [0.15, 0.2) is 0 Å². The summed E-state index contributed by atoms with van der Waals surface area (Å²) in [5, 5.41) is 8.80. The van der Waals surface area contributed by atoms with Crippen LogP contribution < -0.4 is 4.74 Å². The summed E-state index contributed by atoms with van der Waals surface area (Å²) in [4.78, 5) is 4.10. The Morgan fingerprint density at radius 2 is 2.07 bits per heavy atom. The van der Waals surface area contributed by atoms with E-state index in [1.807, 2.05) is 24.3 Å². The molecule has 0 aliphatic heterocycles. The molecule has 78 valence electrons. The average molecular weight is 205 g/mol. The van der Waals surface area contributed by atoms with E-state index in [9.17, 15) is 0 Å². The Morgan fingerprint density at radius 3 is 2.60 bits per heavy atom. The minimum absolute atomic E-state index is 0.184. The molecule has 1 heterocycles. The predicted octanol–water partition coefficient (Wildman–Crippen LogP) is 1.84. The Bertz CT molecular complexity index is 433. The van der Waals surface area contributed by atoms with Crippen LogP contribution in [0.1, 0.15) is 5.89 Å². The highest BCUT2D eigenvalue weighted by Crippen LogP contribution is 2.21. The number of nitrogens with zero attached hydrogens (tertiary/aromatic N) is 1. The van der Waals surface area contributed by atoms with Crippen LogP contribution in [0.15, 0.2) is 34.9 Å². The number of methoxy groups -OCH3 is 1. The maximum Gasteiger partial charge on any atom is 0.220 e. The maximum atomic E-state index is 8.80. The van der Waals surface area contributed by atoms with Crippen molar-refractivity contribution in [3.05, 3.63) is 36.4 Å². The van der Waals surface area contributed by atoms with Crippen molar-refractivity contribution >= 4 is 0 Å². The number of ether oxygens (including phenoxy) is 1. The summed E-state index contributed by atoms with van der Waals surface area (Å²) in [6, 6.07) is 7.47. The summed E-state index contributed by atoms with van der Waals surface area (Å²) in [6.45, 7) is -0.184. The fourth-order valence-electron chi connectivity index (χ4n) is 1.28. The first-order valence-corrected chi connectivity index (χ1v) is 4.53. The van der Waals surface area contributed by atoms with Gasteiger partial charge in [-0.05, 0) is 24.3 Å². The van der Waals surface area contributed by atoms with Crippen LogP contribution in [0, 0.1) is 0 Å². The second kappa shape index (κ2) is 4.14. The van der Waals surface area contributed by atoms with Gasteiger partial charge in [-0.25, -0.2) is 4.98 Å². The summed E-state index contributed by atoms with van der Waals surface area (Å²) in [5.41, 5.74) is 1.64. The van der Waals surface area contributed by atoms with E-state index in [0.29, 0.717) is 11.6 Å². The molecule has 0 fully saturated rings. The molecule has 0 radical (unpaired) electrons. The van der Waals surface area contributed by atoms with Crippen LogP contribution in [0.4, 0.5) is 0 Å². The third-order valence-electron chi connectivity index (χ3n) is 2.07. The van der Waals surface area contributed by atoms with E-state index >= 15 is 0 Å². The lowest BCUT2D eigenvalue weighted by molar-refractivity contribution is 0.240. The number of aromatic nitrogens is 1. The molecule has 1 N–H and O–H groups in total. The van der Waals surface area contributed by atoms with Gasteiger partial charge in [0.2, 0.25) is 5.89 Å². The van der Waals surface area contributed by atoms with Gasteiger partial charge in [0.25, 0.3) is 0 Å². The number of benzene rings is 1. The second-order valence-corrected chi connectivity index (χ2v) is 3.01. The smallest absolute Gasteiger partial charge is 0.220 e. The third-order valence-corrected chi connectivity index (χ3v) is 2.07. The molecule has 0 atom stereocenters. The first-order chi connectivity index (χ1) is 7.33. The number of rotatable bonds is 3. The van der Waals surface area contributed by atoms with Crippen LogP contribution in [0.25, 0.3) is 11.3 Å². The molecule has 4 nitrogen and oxygen atoms in total. The van der Waals surface area contributed by atoms with Crippen molar-refractivity contribution in [3.63, 3.8) is 0 Å². The zero-order chi connectivity index (χ0) is 10.7. The van der Waals surface area contributed by atoms with Gasteiger partial charge in [-0.1, -0.05) is 0 Å². The molecular formula is C11H11NO3. The molecule has 0 saturated carbocycles. The fourth-order valence-corrected chi connectivity index (χ4v) is 1.28. The molecule has 0 bridgehead atoms. The zero-order valence-corrected chi connectivity index (χ0v) is 8.30. The van der Waals surface area contributed by atoms with Gasteiger partial charge in [0, 0.05) is 5.56 Å². The molecule has 0 saturated heterocycles. The molecule has 0 aliphatic carbocycles. The van der Waals surface area contributed by atoms with Crippen LogP contribution in [-0.4, -0.2) is 17.2 Å². The summed E-state index contributed by atoms with van der Waals surface area (Å²) < 4.78 is 10.1. The van der Waals surface area contributed by atoms with Crippen molar-refractivity contribution in [2.24, 2.45) is 0 Å². The van der Waals surface area contributed by atoms with Crippen molar-refractivity contribution in [1.29, 1.82) is 0 Å². The number of aliphatic hydroxyl groups is 1. The summed E-state index contributed by atoms with van der Waals surface area (Å²) in [5.74, 6) is 1.12. The number of aliphatic hydroxyl groups excluding tert-OH is 1. The van der Waals surface area contributed by atoms with Gasteiger partial charge in [-0.15, -0.1) is 0 Å². The van der Waals surface area contributed by atoms with Crippen molar-refractivity contribution in [3.8, 4) is 17.0 Å². The predicted molar refractivity (Wildman–Crippen MR) is 54.4 cm³/mol. The molecule has 1 aromatic heterocycles. The lowest BCUT2D eigenvalue weighted by Crippen LogP contribution is -1.84. The van der Waals surface area contributed by atoms with Crippen molar-refractivity contribution in [1.82, 2.24) is 4.98 Å². The number of hydrogen-bond acceptors (Lipinski definition) is 4. The Morgan fingerprint density at radius 1 is 1.33 bits per heavy atom. The Hall–Kier alpha value is -1.81. The van der Waals surface area contributed by atoms with E-state index in [4.69, 9.17) is 14.3 Å². The molecule has 1 aromatic carbocycles. The standard InChI is InChI=1S/C11H11NO3/c1-14-9-4-2-8(3-5-9)10-7-15-11(6-13)12-10/h2-5,7,13H,6H2,1H3. The van der Waals surface area contributed by atoms with Gasteiger partial charge >= 0.3 is 0 Å². The molecule has 4 heteroatoms. The van der Waals surface area contributed by atoms with Crippen LogP contribution in [-0.2, 0) is 6.61 Å². The zero-order valence-electron chi connectivity index (χ0n) is 8.30. The van der Waals surface area contributed by atoms with E-state index in [0.717, 1.165) is 11.3 Å². The maximum absolute atomic E-state index is 8.80. The second-order valence-electron chi connectivity index (χ2n) is 3.01. The van der Waals surface area contributed by atoms with Gasteiger partial charge < -0.3 is 14.3 Å². The van der Waals surface area contributed by atoms with Gasteiger partial charge in [-0.3, -0.25) is 0 Å². The van der Waals surface area contributed by atoms with Crippen molar-refractivity contribution in [2.45, 2.75) is 6.61 Å². The third kappa shape index (κ3) is 1.99. The molecule has 2 rings (SSSR count). The molecule has 15 heavy (non-hydrogen) atoms. The number of oxazole rings is 1. The van der Waals surface area contributed by atoms with Crippen LogP contribution in [0.5, 0.6) is 5.75 Å². The average Bonchev–Trinajstić information content (AvgIpc) is 2.78. The first kappa shape index (κ1) is 9.73.